The van der Waals surface area contributed by atoms with E-state index in [4.69, 9.17) is 0 Å². The van der Waals surface area contributed by atoms with Crippen LogP contribution in [0.1, 0.15) is 11.1 Å². The number of hydrogen-bond acceptors (Lipinski definition) is 1. The van der Waals surface area contributed by atoms with Crippen molar-refractivity contribution in [3.63, 3.8) is 0 Å². The summed E-state index contributed by atoms with van der Waals surface area (Å²) in [6.07, 6.45) is 1.58. The monoisotopic (exact) mass is 211 g/mol. The van der Waals surface area contributed by atoms with Crippen molar-refractivity contribution < 1.29 is 4.74 Å². The third-order valence-corrected chi connectivity index (χ3v) is 2.35. The van der Waals surface area contributed by atoms with Gasteiger partial charge in [-0.15, -0.1) is 0 Å². The van der Waals surface area contributed by atoms with E-state index >= 15 is 0 Å². The Balaban J connectivity index is 2.28. The normalized spacial score (nSPS) is 11.4. The lowest BCUT2D eigenvalue weighted by Gasteiger charge is -2.02. The molecule has 80 valence electrons. The number of hydrogen-bond donors (Lipinski definition) is 0. The minimum Gasteiger partial charge on any atom is -0.618 e. The second-order valence-electron chi connectivity index (χ2n) is 3.70. The van der Waals surface area contributed by atoms with Crippen molar-refractivity contribution in [2.45, 2.75) is 6.92 Å². The highest BCUT2D eigenvalue weighted by atomic mass is 16.5. The second-order valence-corrected chi connectivity index (χ2v) is 3.70. The average Bonchev–Trinajstić information content (AvgIpc) is 2.33. The molecule has 0 heterocycles. The largest absolute Gasteiger partial charge is 0.618 e. The van der Waals surface area contributed by atoms with Crippen LogP contribution in [0.4, 0.5) is 5.69 Å². The summed E-state index contributed by atoms with van der Waals surface area (Å²) in [5.41, 5.74) is 2.74. The molecule has 0 fully saturated rings. The summed E-state index contributed by atoms with van der Waals surface area (Å²) >= 11 is 0. The molecule has 0 spiro atoms. The van der Waals surface area contributed by atoms with E-state index in [2.05, 4.69) is 0 Å². The van der Waals surface area contributed by atoms with Gasteiger partial charge in [0.25, 0.3) is 0 Å². The van der Waals surface area contributed by atoms with Gasteiger partial charge in [0.2, 0.25) is 5.69 Å². The molecule has 0 unspecified atom stereocenters. The smallest absolute Gasteiger partial charge is 0.216 e. The highest BCUT2D eigenvalue weighted by Gasteiger charge is 1.99. The van der Waals surface area contributed by atoms with Gasteiger partial charge in [-0.25, -0.2) is 0 Å². The van der Waals surface area contributed by atoms with Crippen LogP contribution in [0.3, 0.4) is 0 Å². The average molecular weight is 211 g/mol. The van der Waals surface area contributed by atoms with Crippen LogP contribution in [0.15, 0.2) is 54.6 Å². The number of nitrogens with zero attached hydrogens (tertiary/aromatic N) is 1. The zero-order valence-electron chi connectivity index (χ0n) is 9.13. The zero-order chi connectivity index (χ0) is 11.4. The lowest BCUT2D eigenvalue weighted by atomic mass is 10.2. The number of rotatable bonds is 2. The van der Waals surface area contributed by atoms with Gasteiger partial charge >= 0.3 is 0 Å². The van der Waals surface area contributed by atoms with Crippen LogP contribution in [0.2, 0.25) is 0 Å². The Hall–Kier alpha value is -2.09. The van der Waals surface area contributed by atoms with Crippen molar-refractivity contribution in [1.29, 1.82) is 0 Å². The Morgan fingerprint density at radius 1 is 0.938 bits per heavy atom. The molecule has 0 aliphatic carbocycles. The van der Waals surface area contributed by atoms with Crippen molar-refractivity contribution >= 4 is 11.9 Å². The van der Waals surface area contributed by atoms with E-state index in [0.29, 0.717) is 5.69 Å². The molecule has 0 N–H and O–H groups in total. The predicted octanol–water partition coefficient (Wildman–Crippen LogP) is 3.26. The first-order chi connectivity index (χ1) is 7.75. The van der Waals surface area contributed by atoms with Gasteiger partial charge in [-0.05, 0) is 19.1 Å². The molecule has 2 rings (SSSR count). The first-order valence-electron chi connectivity index (χ1n) is 5.19. The van der Waals surface area contributed by atoms with Crippen LogP contribution < -0.4 is 0 Å². The Morgan fingerprint density at radius 3 is 2.19 bits per heavy atom. The fourth-order valence-electron chi connectivity index (χ4n) is 1.44. The molecule has 16 heavy (non-hydrogen) atoms. The standard InChI is InChI=1S/C14H13NO/c1-12-7-9-13(10-8-12)11-15(16)14-5-3-2-4-6-14/h2-11H,1H3/b15-11+. The van der Waals surface area contributed by atoms with Crippen molar-refractivity contribution in [1.82, 2.24) is 0 Å². The Labute approximate surface area is 95.1 Å². The van der Waals surface area contributed by atoms with Crippen LogP contribution >= 0.6 is 0 Å². The molecule has 2 nitrogen and oxygen atoms in total. The predicted molar refractivity (Wildman–Crippen MR) is 66.1 cm³/mol. The first-order valence-corrected chi connectivity index (χ1v) is 5.19. The molecule has 0 saturated carbocycles. The fourth-order valence-corrected chi connectivity index (χ4v) is 1.44. The van der Waals surface area contributed by atoms with Crippen LogP contribution in [-0.4, -0.2) is 11.0 Å². The van der Waals surface area contributed by atoms with E-state index in [0.717, 1.165) is 10.3 Å². The maximum Gasteiger partial charge on any atom is 0.216 e. The quantitative estimate of drug-likeness (QED) is 0.324. The molecule has 0 bridgehead atoms. The van der Waals surface area contributed by atoms with Crippen molar-refractivity contribution in [3.05, 3.63) is 70.9 Å². The molecule has 0 radical (unpaired) electrons. The maximum absolute atomic E-state index is 11.8. The van der Waals surface area contributed by atoms with E-state index < -0.39 is 0 Å². The lowest BCUT2D eigenvalue weighted by Crippen LogP contribution is -1.98. The van der Waals surface area contributed by atoms with Gasteiger partial charge in [0.15, 0.2) is 6.21 Å². The van der Waals surface area contributed by atoms with Gasteiger partial charge in [-0.3, -0.25) is 0 Å². The summed E-state index contributed by atoms with van der Waals surface area (Å²) in [6, 6.07) is 17.0. The van der Waals surface area contributed by atoms with E-state index in [-0.39, 0.29) is 0 Å². The number of benzene rings is 2. The van der Waals surface area contributed by atoms with Crippen LogP contribution in [-0.2, 0) is 0 Å². The van der Waals surface area contributed by atoms with Crippen LogP contribution in [0, 0.1) is 12.1 Å². The van der Waals surface area contributed by atoms with Crippen molar-refractivity contribution in [2.24, 2.45) is 0 Å². The van der Waals surface area contributed by atoms with Crippen molar-refractivity contribution in [3.8, 4) is 0 Å². The van der Waals surface area contributed by atoms with E-state index in [1.807, 2.05) is 49.4 Å². The lowest BCUT2D eigenvalue weighted by molar-refractivity contribution is -0.354. The number of para-hydroxylation sites is 1. The van der Waals surface area contributed by atoms with Crippen LogP contribution in [0.25, 0.3) is 0 Å². The van der Waals surface area contributed by atoms with Gasteiger partial charge in [0, 0.05) is 17.7 Å². The van der Waals surface area contributed by atoms with Gasteiger partial charge in [0.05, 0.1) is 0 Å². The fraction of sp³-hybridized carbons (Fsp3) is 0.0714. The Kier molecular flexibility index (Phi) is 3.01. The molecule has 2 aromatic carbocycles. The molecule has 0 amide bonds. The van der Waals surface area contributed by atoms with Gasteiger partial charge < -0.3 is 5.21 Å². The number of aryl methyl sites for hydroxylation is 1. The third kappa shape index (κ3) is 2.48. The summed E-state index contributed by atoms with van der Waals surface area (Å²) in [4.78, 5) is 0. The van der Waals surface area contributed by atoms with E-state index in [9.17, 15) is 5.21 Å². The minimum absolute atomic E-state index is 0.642. The van der Waals surface area contributed by atoms with Crippen molar-refractivity contribution in [2.75, 3.05) is 0 Å². The molecule has 2 heteroatoms. The maximum atomic E-state index is 11.8. The zero-order valence-corrected chi connectivity index (χ0v) is 9.13. The highest BCUT2D eigenvalue weighted by Crippen LogP contribution is 2.09. The molecule has 0 saturated heterocycles. The first kappa shape index (κ1) is 10.4. The Bertz CT molecular complexity index is 486. The second kappa shape index (κ2) is 4.62. The van der Waals surface area contributed by atoms with Gasteiger partial charge in [-0.1, -0.05) is 35.9 Å². The summed E-state index contributed by atoms with van der Waals surface area (Å²) in [7, 11) is 0. The summed E-state index contributed by atoms with van der Waals surface area (Å²) in [6.45, 7) is 2.02. The molecular formula is C14H13NO. The summed E-state index contributed by atoms with van der Waals surface area (Å²) in [5, 5.41) is 11.8. The highest BCUT2D eigenvalue weighted by molar-refractivity contribution is 5.76. The summed E-state index contributed by atoms with van der Waals surface area (Å²) in [5.74, 6) is 0. The van der Waals surface area contributed by atoms with E-state index in [1.54, 1.807) is 18.3 Å². The van der Waals surface area contributed by atoms with Gasteiger partial charge in [0.1, 0.15) is 0 Å². The molecular weight excluding hydrogens is 198 g/mol. The topological polar surface area (TPSA) is 26.1 Å². The van der Waals surface area contributed by atoms with Gasteiger partial charge in [-0.2, -0.15) is 4.74 Å². The van der Waals surface area contributed by atoms with E-state index in [1.165, 1.54) is 5.56 Å². The third-order valence-electron chi connectivity index (χ3n) is 2.35. The molecule has 0 atom stereocenters. The molecule has 0 aliphatic rings. The van der Waals surface area contributed by atoms with Crippen LogP contribution in [0.5, 0.6) is 0 Å². The SMILES string of the molecule is Cc1ccc(/C=[N+](/[O-])c2ccccc2)cc1. The molecule has 2 aromatic rings. The molecule has 0 aromatic heterocycles. The molecule has 0 aliphatic heterocycles. The summed E-state index contributed by atoms with van der Waals surface area (Å²) < 4.78 is 0.880. The minimum atomic E-state index is 0.642. The Morgan fingerprint density at radius 2 is 1.56 bits per heavy atom.